The predicted molar refractivity (Wildman–Crippen MR) is 64.5 cm³/mol. The molecule has 1 aliphatic rings. The molecule has 0 bridgehead atoms. The molecule has 0 amide bonds. The average molecular weight is 237 g/mol. The molecule has 2 rings (SSSR count). The zero-order valence-electron chi connectivity index (χ0n) is 10.8. The van der Waals surface area contributed by atoms with Crippen molar-refractivity contribution in [1.82, 2.24) is 4.57 Å². The smallest absolute Gasteiger partial charge is 0.337 e. The summed E-state index contributed by atoms with van der Waals surface area (Å²) >= 11 is 0. The van der Waals surface area contributed by atoms with Gasteiger partial charge in [-0.15, -0.1) is 0 Å². The molecule has 1 aliphatic heterocycles. The third-order valence-electron chi connectivity index (χ3n) is 4.02. The summed E-state index contributed by atoms with van der Waals surface area (Å²) in [6.07, 6.45) is 1.03. The minimum atomic E-state index is -0.862. The van der Waals surface area contributed by atoms with Crippen LogP contribution in [0.15, 0.2) is 6.07 Å². The Kier molecular flexibility index (Phi) is 2.78. The summed E-state index contributed by atoms with van der Waals surface area (Å²) in [6, 6.07) is 1.74. The lowest BCUT2D eigenvalue weighted by Crippen LogP contribution is -2.38. The predicted octanol–water partition coefficient (Wildman–Crippen LogP) is 2.33. The van der Waals surface area contributed by atoms with Gasteiger partial charge in [0.25, 0.3) is 0 Å². The molecule has 94 valence electrons. The molecule has 1 aromatic heterocycles. The topological polar surface area (TPSA) is 51.5 Å². The van der Waals surface area contributed by atoms with E-state index in [0.717, 1.165) is 24.4 Å². The quantitative estimate of drug-likeness (QED) is 0.858. The van der Waals surface area contributed by atoms with Crippen LogP contribution in [0.1, 0.15) is 42.0 Å². The van der Waals surface area contributed by atoms with Crippen LogP contribution < -0.4 is 0 Å². The number of aromatic nitrogens is 1. The molecule has 0 spiro atoms. The van der Waals surface area contributed by atoms with Gasteiger partial charge < -0.3 is 14.4 Å². The standard InChI is InChI=1S/C13H19NO3/c1-8-7-11(12(15)16)9(2)14(8)13(4)5-6-17-10(13)3/h7,10H,5-6H2,1-4H3,(H,15,16). The van der Waals surface area contributed by atoms with Crippen molar-refractivity contribution in [3.63, 3.8) is 0 Å². The van der Waals surface area contributed by atoms with Crippen molar-refractivity contribution in [3.8, 4) is 0 Å². The number of ether oxygens (including phenoxy) is 1. The van der Waals surface area contributed by atoms with E-state index >= 15 is 0 Å². The molecule has 1 aromatic rings. The van der Waals surface area contributed by atoms with Gasteiger partial charge in [-0.1, -0.05) is 0 Å². The molecule has 4 nitrogen and oxygen atoms in total. The van der Waals surface area contributed by atoms with Gasteiger partial charge in [-0.25, -0.2) is 4.79 Å². The second kappa shape index (κ2) is 3.88. The summed E-state index contributed by atoms with van der Waals surface area (Å²) < 4.78 is 7.75. The highest BCUT2D eigenvalue weighted by molar-refractivity contribution is 5.89. The van der Waals surface area contributed by atoms with Gasteiger partial charge in [0, 0.05) is 18.0 Å². The Morgan fingerprint density at radius 1 is 1.59 bits per heavy atom. The molecular formula is C13H19NO3. The fraction of sp³-hybridized carbons (Fsp3) is 0.615. The summed E-state index contributed by atoms with van der Waals surface area (Å²) in [4.78, 5) is 11.1. The Labute approximate surface area is 101 Å². The summed E-state index contributed by atoms with van der Waals surface area (Å²) in [6.45, 7) is 8.74. The van der Waals surface area contributed by atoms with Crippen LogP contribution in [-0.2, 0) is 10.3 Å². The van der Waals surface area contributed by atoms with Crippen LogP contribution >= 0.6 is 0 Å². The number of carbonyl (C=O) groups is 1. The van der Waals surface area contributed by atoms with Crippen molar-refractivity contribution in [2.24, 2.45) is 0 Å². The fourth-order valence-corrected chi connectivity index (χ4v) is 2.88. The van der Waals surface area contributed by atoms with Gasteiger partial charge in [0.15, 0.2) is 0 Å². The van der Waals surface area contributed by atoms with E-state index in [1.165, 1.54) is 0 Å². The maximum atomic E-state index is 11.1. The molecule has 2 heterocycles. The average Bonchev–Trinajstić information content (AvgIpc) is 2.70. The normalized spacial score (nSPS) is 28.6. The van der Waals surface area contributed by atoms with E-state index in [-0.39, 0.29) is 11.6 Å². The molecule has 1 N–H and O–H groups in total. The van der Waals surface area contributed by atoms with Gasteiger partial charge in [0.1, 0.15) is 0 Å². The lowest BCUT2D eigenvalue weighted by molar-refractivity contribution is 0.0686. The maximum absolute atomic E-state index is 11.1. The van der Waals surface area contributed by atoms with Crippen LogP contribution in [0.3, 0.4) is 0 Å². The number of nitrogens with zero attached hydrogens (tertiary/aromatic N) is 1. The third kappa shape index (κ3) is 1.67. The van der Waals surface area contributed by atoms with Crippen LogP contribution in [0.5, 0.6) is 0 Å². The van der Waals surface area contributed by atoms with Crippen molar-refractivity contribution >= 4 is 5.97 Å². The minimum Gasteiger partial charge on any atom is -0.478 e. The van der Waals surface area contributed by atoms with Gasteiger partial charge in [0.05, 0.1) is 17.2 Å². The van der Waals surface area contributed by atoms with Crippen molar-refractivity contribution in [2.75, 3.05) is 6.61 Å². The molecular weight excluding hydrogens is 218 g/mol. The number of aryl methyl sites for hydroxylation is 1. The Balaban J connectivity index is 2.56. The van der Waals surface area contributed by atoms with Crippen molar-refractivity contribution in [3.05, 3.63) is 23.0 Å². The fourth-order valence-electron chi connectivity index (χ4n) is 2.88. The van der Waals surface area contributed by atoms with Gasteiger partial charge >= 0.3 is 5.97 Å². The van der Waals surface area contributed by atoms with Crippen molar-refractivity contribution in [1.29, 1.82) is 0 Å². The highest BCUT2D eigenvalue weighted by Crippen LogP contribution is 2.36. The van der Waals surface area contributed by atoms with Crippen LogP contribution in [0, 0.1) is 13.8 Å². The van der Waals surface area contributed by atoms with Gasteiger partial charge in [-0.2, -0.15) is 0 Å². The Morgan fingerprint density at radius 3 is 2.65 bits per heavy atom. The zero-order valence-corrected chi connectivity index (χ0v) is 10.8. The maximum Gasteiger partial charge on any atom is 0.337 e. The zero-order chi connectivity index (χ0) is 12.8. The van der Waals surface area contributed by atoms with E-state index in [1.54, 1.807) is 6.07 Å². The summed E-state index contributed by atoms with van der Waals surface area (Å²) in [5.74, 6) is -0.862. The summed E-state index contributed by atoms with van der Waals surface area (Å²) in [5, 5.41) is 9.15. The molecule has 2 atom stereocenters. The second-order valence-corrected chi connectivity index (χ2v) is 5.05. The number of aromatic carboxylic acids is 1. The molecule has 0 aliphatic carbocycles. The van der Waals surface area contributed by atoms with Crippen LogP contribution in [-0.4, -0.2) is 28.4 Å². The molecule has 0 aromatic carbocycles. The second-order valence-electron chi connectivity index (χ2n) is 5.05. The third-order valence-corrected chi connectivity index (χ3v) is 4.02. The van der Waals surface area contributed by atoms with Gasteiger partial charge in [0.2, 0.25) is 0 Å². The largest absolute Gasteiger partial charge is 0.478 e. The number of carboxylic acids is 1. The van der Waals surface area contributed by atoms with Crippen LogP contribution in [0.4, 0.5) is 0 Å². The first-order valence-electron chi connectivity index (χ1n) is 5.92. The van der Waals surface area contributed by atoms with Gasteiger partial charge in [-0.3, -0.25) is 0 Å². The van der Waals surface area contributed by atoms with E-state index in [9.17, 15) is 4.79 Å². The minimum absolute atomic E-state index is 0.106. The molecule has 2 unspecified atom stereocenters. The summed E-state index contributed by atoms with van der Waals surface area (Å²) in [7, 11) is 0. The summed E-state index contributed by atoms with van der Waals surface area (Å²) in [5.41, 5.74) is 2.06. The van der Waals surface area contributed by atoms with E-state index in [1.807, 2.05) is 20.8 Å². The van der Waals surface area contributed by atoms with Crippen LogP contribution in [0.25, 0.3) is 0 Å². The SMILES string of the molecule is Cc1cc(C(=O)O)c(C)n1C1(C)CCOC1C. The Morgan fingerprint density at radius 2 is 2.24 bits per heavy atom. The Hall–Kier alpha value is -1.29. The first-order valence-corrected chi connectivity index (χ1v) is 5.92. The molecule has 17 heavy (non-hydrogen) atoms. The first-order chi connectivity index (χ1) is 7.88. The lowest BCUT2D eigenvalue weighted by Gasteiger charge is -2.33. The number of hydrogen-bond acceptors (Lipinski definition) is 2. The first kappa shape index (κ1) is 12.2. The highest BCUT2D eigenvalue weighted by atomic mass is 16.5. The lowest BCUT2D eigenvalue weighted by atomic mass is 9.93. The van der Waals surface area contributed by atoms with Crippen LogP contribution in [0.2, 0.25) is 0 Å². The number of rotatable bonds is 2. The molecule has 4 heteroatoms. The van der Waals surface area contributed by atoms with E-state index in [2.05, 4.69) is 11.5 Å². The molecule has 1 fully saturated rings. The van der Waals surface area contributed by atoms with E-state index in [4.69, 9.17) is 9.84 Å². The number of carboxylic acid groups (broad SMARTS) is 1. The van der Waals surface area contributed by atoms with E-state index < -0.39 is 5.97 Å². The molecule has 0 radical (unpaired) electrons. The number of hydrogen-bond donors (Lipinski definition) is 1. The van der Waals surface area contributed by atoms with E-state index in [0.29, 0.717) is 5.56 Å². The molecule has 0 saturated carbocycles. The highest BCUT2D eigenvalue weighted by Gasteiger charge is 2.40. The van der Waals surface area contributed by atoms with Crippen molar-refractivity contribution < 1.29 is 14.6 Å². The van der Waals surface area contributed by atoms with Crippen molar-refractivity contribution in [2.45, 2.75) is 45.8 Å². The monoisotopic (exact) mass is 237 g/mol. The Bertz CT molecular complexity index is 463. The molecule has 1 saturated heterocycles. The van der Waals surface area contributed by atoms with Gasteiger partial charge in [-0.05, 0) is 40.2 Å².